The molecule has 0 aromatic rings. The lowest BCUT2D eigenvalue weighted by atomic mass is 9.45. The van der Waals surface area contributed by atoms with E-state index in [1.54, 1.807) is 0 Å². The third-order valence-electron chi connectivity index (χ3n) is 8.89. The van der Waals surface area contributed by atoms with Crippen molar-refractivity contribution in [1.82, 2.24) is 0 Å². The van der Waals surface area contributed by atoms with Crippen molar-refractivity contribution in [3.05, 3.63) is 0 Å². The Labute approximate surface area is 155 Å². The Hall–Kier alpha value is -0.153. The molecule has 4 aliphatic carbocycles. The average Bonchev–Trinajstić information content (AvgIpc) is 2.83. The van der Waals surface area contributed by atoms with E-state index in [1.165, 1.54) is 38.5 Å². The summed E-state index contributed by atoms with van der Waals surface area (Å²) in [5.41, 5.74) is 0.852. The second-order valence-corrected chi connectivity index (χ2v) is 15.7. The third-order valence-corrected chi connectivity index (χ3v) is 9.88. The summed E-state index contributed by atoms with van der Waals surface area (Å²) in [5, 5.41) is 0. The average molecular weight is 363 g/mol. The van der Waals surface area contributed by atoms with Crippen LogP contribution in [0.15, 0.2) is 0 Å². The molecule has 0 amide bonds. The molecule has 4 rings (SSSR count). The Morgan fingerprint density at radius 3 is 2.36 bits per heavy atom. The van der Waals surface area contributed by atoms with Crippen molar-refractivity contribution in [2.75, 3.05) is 0 Å². The number of hydrogen-bond acceptors (Lipinski definition) is 2. The molecule has 0 bridgehead atoms. The molecule has 7 atom stereocenters. The summed E-state index contributed by atoms with van der Waals surface area (Å²) in [4.78, 5) is 12.0. The highest BCUT2D eigenvalue weighted by Crippen LogP contribution is 2.66. The second-order valence-electron chi connectivity index (χ2n) is 11.2. The van der Waals surface area contributed by atoms with E-state index >= 15 is 0 Å². The summed E-state index contributed by atoms with van der Waals surface area (Å²) in [7, 11) is -1.48. The van der Waals surface area contributed by atoms with Crippen LogP contribution in [0.4, 0.5) is 0 Å². The van der Waals surface area contributed by atoms with Crippen molar-refractivity contribution < 1.29 is 9.22 Å². The molecule has 0 radical (unpaired) electrons. The molecule has 0 aliphatic heterocycles. The first kappa shape index (κ1) is 18.2. The Kier molecular flexibility index (Phi) is 4.32. The molecule has 25 heavy (non-hydrogen) atoms. The molecule has 4 fully saturated rings. The van der Waals surface area contributed by atoms with Crippen LogP contribution in [-0.2, 0) is 9.22 Å². The number of carbonyl (C=O) groups is 1. The fourth-order valence-electron chi connectivity index (χ4n) is 7.62. The molecule has 0 aromatic carbocycles. The monoisotopic (exact) mass is 362 g/mol. The van der Waals surface area contributed by atoms with Gasteiger partial charge in [-0.3, -0.25) is 4.79 Å². The van der Waals surface area contributed by atoms with Gasteiger partial charge in [-0.15, -0.1) is 0 Å². The Balaban J connectivity index is 1.57. The highest BCUT2D eigenvalue weighted by Gasteiger charge is 2.60. The van der Waals surface area contributed by atoms with E-state index in [2.05, 4.69) is 33.5 Å². The fraction of sp³-hybridized carbons (Fsp3) is 0.955. The number of carbonyl (C=O) groups excluding carboxylic acids is 1. The highest BCUT2D eigenvalue weighted by atomic mass is 28.4. The minimum Gasteiger partial charge on any atom is -0.414 e. The van der Waals surface area contributed by atoms with Crippen molar-refractivity contribution in [3.63, 3.8) is 0 Å². The molecule has 4 saturated carbocycles. The normalized spacial score (nSPS) is 50.1. The van der Waals surface area contributed by atoms with Gasteiger partial charge in [-0.25, -0.2) is 0 Å². The van der Waals surface area contributed by atoms with Gasteiger partial charge in [0.05, 0.1) is 6.10 Å². The molecular weight excluding hydrogens is 324 g/mol. The van der Waals surface area contributed by atoms with Crippen molar-refractivity contribution in [2.24, 2.45) is 34.5 Å². The first-order valence-corrected chi connectivity index (χ1v) is 14.2. The minimum absolute atomic E-state index is 0.412. The summed E-state index contributed by atoms with van der Waals surface area (Å²) in [6.07, 6.45) is 11.5. The van der Waals surface area contributed by atoms with Gasteiger partial charge in [0, 0.05) is 12.8 Å². The maximum atomic E-state index is 12.0. The van der Waals surface area contributed by atoms with Crippen LogP contribution in [0.3, 0.4) is 0 Å². The number of Topliss-reactive ketones (excluding diaryl/α,β-unsaturated/α-hetero) is 1. The number of fused-ring (bicyclic) bond motifs is 5. The van der Waals surface area contributed by atoms with Gasteiger partial charge >= 0.3 is 0 Å². The van der Waals surface area contributed by atoms with E-state index in [0.717, 1.165) is 37.0 Å². The second kappa shape index (κ2) is 5.92. The maximum Gasteiger partial charge on any atom is 0.184 e. The van der Waals surface area contributed by atoms with Crippen molar-refractivity contribution in [3.8, 4) is 0 Å². The zero-order chi connectivity index (χ0) is 18.0. The Morgan fingerprint density at radius 1 is 0.920 bits per heavy atom. The van der Waals surface area contributed by atoms with E-state index in [9.17, 15) is 4.79 Å². The summed E-state index contributed by atoms with van der Waals surface area (Å²) in [5.74, 6) is 3.83. The first-order chi connectivity index (χ1) is 11.6. The molecular formula is C22H38O2Si. The van der Waals surface area contributed by atoms with Gasteiger partial charge < -0.3 is 4.43 Å². The molecule has 3 heteroatoms. The van der Waals surface area contributed by atoms with Crippen LogP contribution < -0.4 is 0 Å². The standard InChI is InChI=1S/C22H38O2Si/c1-21-12-10-16(23)14-15(21)6-7-17-18-8-9-20(24-25(3,4)5)22(18,2)13-11-19(17)21/h15,17-20H,6-14H2,1-5H3/t15-,17?,18?,19?,20-,21-,22-/m0/s1. The summed E-state index contributed by atoms with van der Waals surface area (Å²) in [6.45, 7) is 12.2. The van der Waals surface area contributed by atoms with Crippen LogP contribution >= 0.6 is 0 Å². The Morgan fingerprint density at radius 2 is 1.64 bits per heavy atom. The molecule has 0 aromatic heterocycles. The van der Waals surface area contributed by atoms with Crippen LogP contribution in [0.1, 0.15) is 71.6 Å². The van der Waals surface area contributed by atoms with Crippen LogP contribution in [0.2, 0.25) is 19.6 Å². The maximum absolute atomic E-state index is 12.0. The van der Waals surface area contributed by atoms with Crippen molar-refractivity contribution in [2.45, 2.75) is 97.4 Å². The van der Waals surface area contributed by atoms with Gasteiger partial charge in [0.1, 0.15) is 5.78 Å². The molecule has 0 saturated heterocycles. The topological polar surface area (TPSA) is 26.3 Å². The molecule has 3 unspecified atom stereocenters. The SMILES string of the molecule is C[C@]12CCC3C(CC[C@H]4CC(=O)CC[C@]34C)C1CC[C@@H]2O[Si](C)(C)C. The Bertz CT molecular complexity index is 553. The molecule has 2 nitrogen and oxygen atoms in total. The summed E-state index contributed by atoms with van der Waals surface area (Å²) in [6, 6.07) is 0. The van der Waals surface area contributed by atoms with Crippen molar-refractivity contribution in [1.29, 1.82) is 0 Å². The molecule has 142 valence electrons. The smallest absolute Gasteiger partial charge is 0.184 e. The van der Waals surface area contributed by atoms with Crippen LogP contribution in [-0.4, -0.2) is 20.2 Å². The molecule has 0 heterocycles. The number of rotatable bonds is 2. The molecule has 0 spiro atoms. The zero-order valence-electron chi connectivity index (χ0n) is 17.1. The van der Waals surface area contributed by atoms with Gasteiger partial charge in [-0.05, 0) is 99.1 Å². The van der Waals surface area contributed by atoms with E-state index in [1.807, 2.05) is 0 Å². The van der Waals surface area contributed by atoms with E-state index in [4.69, 9.17) is 4.43 Å². The van der Waals surface area contributed by atoms with Crippen LogP contribution in [0.5, 0.6) is 0 Å². The highest BCUT2D eigenvalue weighted by molar-refractivity contribution is 6.69. The predicted octanol–water partition coefficient (Wildman–Crippen LogP) is 5.82. The molecule has 0 N–H and O–H groups in total. The predicted molar refractivity (Wildman–Crippen MR) is 105 cm³/mol. The fourth-order valence-corrected chi connectivity index (χ4v) is 8.86. The van der Waals surface area contributed by atoms with Gasteiger partial charge in [-0.2, -0.15) is 0 Å². The summed E-state index contributed by atoms with van der Waals surface area (Å²) < 4.78 is 6.69. The van der Waals surface area contributed by atoms with Gasteiger partial charge in [0.25, 0.3) is 0 Å². The summed E-state index contributed by atoms with van der Waals surface area (Å²) >= 11 is 0. The van der Waals surface area contributed by atoms with Gasteiger partial charge in [0.15, 0.2) is 8.32 Å². The van der Waals surface area contributed by atoms with Gasteiger partial charge in [-0.1, -0.05) is 13.8 Å². The van der Waals surface area contributed by atoms with E-state index in [-0.39, 0.29) is 0 Å². The lowest BCUT2D eigenvalue weighted by Crippen LogP contribution is -2.54. The number of ketones is 1. The van der Waals surface area contributed by atoms with Crippen LogP contribution in [0, 0.1) is 34.5 Å². The number of hydrogen-bond donors (Lipinski definition) is 0. The van der Waals surface area contributed by atoms with Crippen LogP contribution in [0.25, 0.3) is 0 Å². The van der Waals surface area contributed by atoms with Gasteiger partial charge in [0.2, 0.25) is 0 Å². The molecule has 4 aliphatic rings. The lowest BCUT2D eigenvalue weighted by molar-refractivity contribution is -0.141. The van der Waals surface area contributed by atoms with E-state index < -0.39 is 8.32 Å². The quantitative estimate of drug-likeness (QED) is 0.579. The minimum atomic E-state index is -1.48. The van der Waals surface area contributed by atoms with Crippen molar-refractivity contribution >= 4 is 14.1 Å². The largest absolute Gasteiger partial charge is 0.414 e. The zero-order valence-corrected chi connectivity index (χ0v) is 18.1. The third kappa shape index (κ3) is 2.88. The lowest BCUT2D eigenvalue weighted by Gasteiger charge is -2.60. The first-order valence-electron chi connectivity index (χ1n) is 10.8. The van der Waals surface area contributed by atoms with E-state index in [0.29, 0.717) is 28.6 Å².